The van der Waals surface area contributed by atoms with Crippen molar-refractivity contribution in [3.63, 3.8) is 0 Å². The number of aromatic nitrogens is 5. The Morgan fingerprint density at radius 1 is 1.55 bits per heavy atom. The molecular weight excluding hydrogens is 306 g/mol. The van der Waals surface area contributed by atoms with E-state index < -0.39 is 5.91 Å². The number of thioether (sulfide) groups is 1. The highest BCUT2D eigenvalue weighted by Gasteiger charge is 2.22. The summed E-state index contributed by atoms with van der Waals surface area (Å²) in [6.45, 7) is 2.00. The molecule has 0 spiro atoms. The second-order valence-corrected chi connectivity index (χ2v) is 6.05. The van der Waals surface area contributed by atoms with E-state index in [0.717, 1.165) is 36.9 Å². The van der Waals surface area contributed by atoms with Gasteiger partial charge in [-0.2, -0.15) is 4.98 Å². The molecule has 1 fully saturated rings. The van der Waals surface area contributed by atoms with Gasteiger partial charge in [0.2, 0.25) is 5.89 Å². The Bertz CT molecular complexity index is 662. The number of hydrogen-bond donors (Lipinski definition) is 2. The maximum atomic E-state index is 10.9. The lowest BCUT2D eigenvalue weighted by atomic mass is 9.99. The fourth-order valence-electron chi connectivity index (χ4n) is 2.42. The molecule has 0 aromatic carbocycles. The molecule has 118 valence electrons. The number of nitrogens with one attached hydrogen (secondary N) is 1. The molecule has 1 saturated heterocycles. The van der Waals surface area contributed by atoms with Gasteiger partial charge in [-0.15, -0.1) is 10.2 Å². The van der Waals surface area contributed by atoms with Crippen LogP contribution in [-0.2, 0) is 12.8 Å². The molecule has 0 radical (unpaired) electrons. The minimum Gasteiger partial charge on any atom is -0.363 e. The minimum absolute atomic E-state index is 0.109. The van der Waals surface area contributed by atoms with E-state index in [4.69, 9.17) is 10.3 Å². The van der Waals surface area contributed by atoms with Crippen LogP contribution in [0.5, 0.6) is 0 Å². The molecular formula is C12H17N7O2S. The van der Waals surface area contributed by atoms with Crippen molar-refractivity contribution in [3.8, 4) is 0 Å². The quantitative estimate of drug-likeness (QED) is 0.740. The van der Waals surface area contributed by atoms with Gasteiger partial charge in [0, 0.05) is 19.5 Å². The molecule has 1 aliphatic rings. The smallest absolute Gasteiger partial charge is 0.290 e. The van der Waals surface area contributed by atoms with Crippen LogP contribution in [-0.4, -0.2) is 43.9 Å². The van der Waals surface area contributed by atoms with Gasteiger partial charge in [0.05, 0.1) is 5.75 Å². The zero-order valence-electron chi connectivity index (χ0n) is 12.2. The highest BCUT2D eigenvalue weighted by molar-refractivity contribution is 7.98. The van der Waals surface area contributed by atoms with Crippen molar-refractivity contribution in [2.45, 2.75) is 29.7 Å². The lowest BCUT2D eigenvalue weighted by molar-refractivity contribution is 0.0987. The van der Waals surface area contributed by atoms with E-state index in [0.29, 0.717) is 17.6 Å². The molecule has 1 atom stereocenters. The van der Waals surface area contributed by atoms with Crippen molar-refractivity contribution < 1.29 is 9.32 Å². The number of nitrogens with zero attached hydrogens (tertiary/aromatic N) is 5. The summed E-state index contributed by atoms with van der Waals surface area (Å²) in [6.07, 6.45) is 2.27. The van der Waals surface area contributed by atoms with Crippen LogP contribution in [0.4, 0.5) is 0 Å². The number of carbonyl (C=O) groups excluding carboxylic acids is 1. The van der Waals surface area contributed by atoms with Crippen LogP contribution in [0.15, 0.2) is 9.68 Å². The molecule has 3 rings (SSSR count). The van der Waals surface area contributed by atoms with Crippen LogP contribution < -0.4 is 11.1 Å². The molecule has 0 unspecified atom stereocenters. The Labute approximate surface area is 131 Å². The van der Waals surface area contributed by atoms with Gasteiger partial charge in [0.25, 0.3) is 11.7 Å². The second-order valence-electron chi connectivity index (χ2n) is 5.11. The van der Waals surface area contributed by atoms with Gasteiger partial charge in [0.15, 0.2) is 5.16 Å². The monoisotopic (exact) mass is 323 g/mol. The SMILES string of the molecule is Cn1c(SCc2nc(C(N)=O)no2)nnc1[C@H]1CCCNC1. The third-order valence-electron chi connectivity index (χ3n) is 3.54. The summed E-state index contributed by atoms with van der Waals surface area (Å²) < 4.78 is 6.95. The maximum absolute atomic E-state index is 10.9. The lowest BCUT2D eigenvalue weighted by Crippen LogP contribution is -2.29. The molecule has 2 aromatic heterocycles. The summed E-state index contributed by atoms with van der Waals surface area (Å²) in [6, 6.07) is 0. The van der Waals surface area contributed by atoms with Crippen molar-refractivity contribution >= 4 is 17.7 Å². The summed E-state index contributed by atoms with van der Waals surface area (Å²) in [5, 5.41) is 16.2. The normalized spacial score (nSPS) is 18.5. The van der Waals surface area contributed by atoms with E-state index in [-0.39, 0.29) is 5.82 Å². The Balaban J connectivity index is 1.65. The predicted molar refractivity (Wildman–Crippen MR) is 78.2 cm³/mol. The molecule has 3 heterocycles. The number of rotatable bonds is 5. The summed E-state index contributed by atoms with van der Waals surface area (Å²) in [5.74, 6) is 1.31. The van der Waals surface area contributed by atoms with Gasteiger partial charge in [-0.05, 0) is 19.4 Å². The lowest BCUT2D eigenvalue weighted by Gasteiger charge is -2.21. The third-order valence-corrected chi connectivity index (χ3v) is 4.55. The molecule has 3 N–H and O–H groups in total. The van der Waals surface area contributed by atoms with E-state index in [1.807, 2.05) is 11.6 Å². The number of amides is 1. The van der Waals surface area contributed by atoms with Crippen molar-refractivity contribution in [1.82, 2.24) is 30.2 Å². The van der Waals surface area contributed by atoms with Crippen LogP contribution in [0.1, 0.15) is 41.1 Å². The highest BCUT2D eigenvalue weighted by atomic mass is 32.2. The van der Waals surface area contributed by atoms with E-state index in [2.05, 4.69) is 25.7 Å². The van der Waals surface area contributed by atoms with Crippen molar-refractivity contribution in [3.05, 3.63) is 17.5 Å². The summed E-state index contributed by atoms with van der Waals surface area (Å²) >= 11 is 1.43. The molecule has 1 amide bonds. The van der Waals surface area contributed by atoms with E-state index in [1.165, 1.54) is 11.8 Å². The third kappa shape index (κ3) is 3.12. The molecule has 22 heavy (non-hydrogen) atoms. The van der Waals surface area contributed by atoms with E-state index in [9.17, 15) is 4.79 Å². The Hall–Kier alpha value is -1.94. The second kappa shape index (κ2) is 6.44. The largest absolute Gasteiger partial charge is 0.363 e. The Kier molecular flexibility index (Phi) is 4.39. The highest BCUT2D eigenvalue weighted by Crippen LogP contribution is 2.26. The molecule has 0 saturated carbocycles. The summed E-state index contributed by atoms with van der Waals surface area (Å²) in [7, 11) is 1.95. The van der Waals surface area contributed by atoms with Gasteiger partial charge in [0.1, 0.15) is 5.82 Å². The molecule has 10 heteroatoms. The standard InChI is InChI=1S/C12H17N7O2S/c1-19-11(7-3-2-4-14-5-7)16-17-12(19)22-6-8-15-10(9(13)20)18-21-8/h7,14H,2-6H2,1H3,(H2,13,20)/t7-/m0/s1. The van der Waals surface area contributed by atoms with Crippen LogP contribution in [0.25, 0.3) is 0 Å². The topological polar surface area (TPSA) is 125 Å². The molecule has 2 aromatic rings. The van der Waals surface area contributed by atoms with Crippen LogP contribution in [0.2, 0.25) is 0 Å². The van der Waals surface area contributed by atoms with Crippen molar-refractivity contribution in [1.29, 1.82) is 0 Å². The molecule has 9 nitrogen and oxygen atoms in total. The van der Waals surface area contributed by atoms with E-state index in [1.54, 1.807) is 0 Å². The number of piperidine rings is 1. The minimum atomic E-state index is -0.703. The van der Waals surface area contributed by atoms with Crippen LogP contribution >= 0.6 is 11.8 Å². The van der Waals surface area contributed by atoms with Gasteiger partial charge in [-0.1, -0.05) is 16.9 Å². The first-order valence-electron chi connectivity index (χ1n) is 7.00. The number of primary amides is 1. The first kappa shape index (κ1) is 15.0. The van der Waals surface area contributed by atoms with Crippen LogP contribution in [0.3, 0.4) is 0 Å². The van der Waals surface area contributed by atoms with Gasteiger partial charge < -0.3 is 20.1 Å². The zero-order chi connectivity index (χ0) is 15.5. The Morgan fingerprint density at radius 2 is 2.41 bits per heavy atom. The number of nitrogens with two attached hydrogens (primary N) is 1. The predicted octanol–water partition coefficient (Wildman–Crippen LogP) is 0.0563. The van der Waals surface area contributed by atoms with Gasteiger partial charge in [-0.3, -0.25) is 4.79 Å². The number of hydrogen-bond acceptors (Lipinski definition) is 8. The fraction of sp³-hybridized carbons (Fsp3) is 0.583. The molecule has 1 aliphatic heterocycles. The summed E-state index contributed by atoms with van der Waals surface area (Å²) in [4.78, 5) is 14.8. The average molecular weight is 323 g/mol. The molecule has 0 aliphatic carbocycles. The van der Waals surface area contributed by atoms with Gasteiger partial charge >= 0.3 is 0 Å². The van der Waals surface area contributed by atoms with Crippen molar-refractivity contribution in [2.75, 3.05) is 13.1 Å². The summed E-state index contributed by atoms with van der Waals surface area (Å²) in [5.41, 5.74) is 5.08. The van der Waals surface area contributed by atoms with Crippen LogP contribution in [0, 0.1) is 0 Å². The van der Waals surface area contributed by atoms with E-state index >= 15 is 0 Å². The average Bonchev–Trinajstić information content (AvgIpc) is 3.13. The van der Waals surface area contributed by atoms with Crippen molar-refractivity contribution in [2.24, 2.45) is 12.8 Å². The maximum Gasteiger partial charge on any atom is 0.290 e. The first-order chi connectivity index (χ1) is 10.6. The Morgan fingerprint density at radius 3 is 3.09 bits per heavy atom. The molecule has 0 bridgehead atoms. The first-order valence-corrected chi connectivity index (χ1v) is 7.99. The van der Waals surface area contributed by atoms with Gasteiger partial charge in [-0.25, -0.2) is 0 Å². The zero-order valence-corrected chi connectivity index (χ0v) is 13.0. The number of carbonyl (C=O) groups is 1. The fourth-order valence-corrected chi connectivity index (χ4v) is 3.17.